The van der Waals surface area contributed by atoms with Crippen molar-refractivity contribution in [2.24, 2.45) is 0 Å². The SMILES string of the molecule is CC(C)(C)OC(=O)N1CC(c2ncc(C(=O)NC34CC(NC(=O)[C@H]5CC(=O)c6cc(Cl)ccc6O5)(C3)C4)o2)C1. The van der Waals surface area contributed by atoms with E-state index in [4.69, 9.17) is 25.5 Å². The minimum Gasteiger partial charge on any atom is -0.479 e. The largest absolute Gasteiger partial charge is 0.479 e. The Labute approximate surface area is 229 Å². The molecule has 3 aliphatic carbocycles. The normalized spacial score (nSPS) is 27.2. The zero-order valence-electron chi connectivity index (χ0n) is 21.8. The van der Waals surface area contributed by atoms with Crippen molar-refractivity contribution in [3.05, 3.63) is 46.6 Å². The summed E-state index contributed by atoms with van der Waals surface area (Å²) in [6, 6.07) is 4.75. The maximum absolute atomic E-state index is 12.9. The molecular weight excluding hydrogens is 528 g/mol. The number of nitrogens with one attached hydrogen (secondary N) is 2. The molecule has 2 aliphatic heterocycles. The molecule has 0 spiro atoms. The van der Waals surface area contributed by atoms with E-state index >= 15 is 0 Å². The molecule has 1 aromatic heterocycles. The maximum Gasteiger partial charge on any atom is 0.410 e. The highest BCUT2D eigenvalue weighted by Crippen LogP contribution is 2.60. The molecule has 3 heterocycles. The lowest BCUT2D eigenvalue weighted by molar-refractivity contribution is -0.146. The van der Waals surface area contributed by atoms with E-state index in [-0.39, 0.29) is 41.8 Å². The number of carbonyl (C=O) groups excluding carboxylic acids is 4. The lowest BCUT2D eigenvalue weighted by atomic mass is 9.44. The van der Waals surface area contributed by atoms with Crippen molar-refractivity contribution < 1.29 is 33.1 Å². The third-order valence-electron chi connectivity index (χ3n) is 7.60. The molecular formula is C27H29ClN4O7. The Kier molecular flexibility index (Phi) is 5.73. The zero-order valence-corrected chi connectivity index (χ0v) is 22.6. The third kappa shape index (κ3) is 4.73. The molecule has 1 aromatic carbocycles. The summed E-state index contributed by atoms with van der Waals surface area (Å²) in [7, 11) is 0. The Morgan fingerprint density at radius 3 is 2.51 bits per heavy atom. The first-order chi connectivity index (χ1) is 18.3. The molecule has 206 valence electrons. The van der Waals surface area contributed by atoms with E-state index < -0.39 is 22.8 Å². The molecule has 5 aliphatic rings. The van der Waals surface area contributed by atoms with Gasteiger partial charge in [-0.1, -0.05) is 11.6 Å². The van der Waals surface area contributed by atoms with Crippen molar-refractivity contribution >= 4 is 35.3 Å². The third-order valence-corrected chi connectivity index (χ3v) is 7.84. The number of hydrogen-bond acceptors (Lipinski definition) is 8. The fraction of sp³-hybridized carbons (Fsp3) is 0.519. The molecule has 2 N–H and O–H groups in total. The maximum atomic E-state index is 12.9. The predicted molar refractivity (Wildman–Crippen MR) is 137 cm³/mol. The number of likely N-dealkylation sites (tertiary alicyclic amines) is 1. The Hall–Kier alpha value is -3.60. The molecule has 2 aromatic rings. The van der Waals surface area contributed by atoms with Crippen LogP contribution in [0.25, 0.3) is 0 Å². The molecule has 7 rings (SSSR count). The van der Waals surface area contributed by atoms with Crippen molar-refractivity contribution in [2.75, 3.05) is 13.1 Å². The minimum atomic E-state index is -0.906. The number of oxazole rings is 1. The second-order valence-electron chi connectivity index (χ2n) is 12.1. The van der Waals surface area contributed by atoms with Crippen LogP contribution in [0.3, 0.4) is 0 Å². The quantitative estimate of drug-likeness (QED) is 0.572. The number of hydrogen-bond donors (Lipinski definition) is 2. The Morgan fingerprint density at radius 2 is 1.82 bits per heavy atom. The van der Waals surface area contributed by atoms with Gasteiger partial charge in [-0.15, -0.1) is 0 Å². The van der Waals surface area contributed by atoms with Crippen LogP contribution in [-0.4, -0.2) is 69.4 Å². The smallest absolute Gasteiger partial charge is 0.410 e. The van der Waals surface area contributed by atoms with Crippen LogP contribution in [-0.2, 0) is 9.53 Å². The second-order valence-corrected chi connectivity index (χ2v) is 12.5. The highest BCUT2D eigenvalue weighted by molar-refractivity contribution is 6.31. The molecule has 0 unspecified atom stereocenters. The van der Waals surface area contributed by atoms with E-state index in [9.17, 15) is 19.2 Å². The molecule has 39 heavy (non-hydrogen) atoms. The van der Waals surface area contributed by atoms with E-state index in [0.717, 1.165) is 0 Å². The van der Waals surface area contributed by atoms with Gasteiger partial charge in [0.1, 0.15) is 11.4 Å². The van der Waals surface area contributed by atoms with Crippen LogP contribution in [0.5, 0.6) is 5.75 Å². The van der Waals surface area contributed by atoms with Crippen LogP contribution < -0.4 is 15.4 Å². The fourth-order valence-corrected chi connectivity index (χ4v) is 6.00. The number of Topliss-reactive ketones (excluding diaryl/α,β-unsaturated/α-hetero) is 1. The highest BCUT2D eigenvalue weighted by Gasteiger charge is 2.69. The summed E-state index contributed by atoms with van der Waals surface area (Å²) >= 11 is 5.96. The van der Waals surface area contributed by atoms with Crippen molar-refractivity contribution in [2.45, 2.75) is 75.2 Å². The van der Waals surface area contributed by atoms with Gasteiger partial charge < -0.3 is 29.4 Å². The number of ketones is 1. The van der Waals surface area contributed by atoms with E-state index in [0.29, 0.717) is 54.6 Å². The molecule has 11 nitrogen and oxygen atoms in total. The second kappa shape index (κ2) is 8.70. The molecule has 1 atom stereocenters. The van der Waals surface area contributed by atoms with Crippen LogP contribution in [0.4, 0.5) is 4.79 Å². The topological polar surface area (TPSA) is 140 Å². The summed E-state index contributed by atoms with van der Waals surface area (Å²) in [6.07, 6.45) is 1.80. The van der Waals surface area contributed by atoms with Gasteiger partial charge >= 0.3 is 6.09 Å². The van der Waals surface area contributed by atoms with E-state index in [1.807, 2.05) is 20.8 Å². The van der Waals surface area contributed by atoms with Gasteiger partial charge in [-0.25, -0.2) is 9.78 Å². The first-order valence-corrected chi connectivity index (χ1v) is 13.3. The summed E-state index contributed by atoms with van der Waals surface area (Å²) < 4.78 is 16.8. The van der Waals surface area contributed by atoms with Gasteiger partial charge in [0.05, 0.1) is 24.1 Å². The summed E-state index contributed by atoms with van der Waals surface area (Å²) in [5, 5.41) is 6.47. The van der Waals surface area contributed by atoms with Crippen LogP contribution in [0.2, 0.25) is 5.02 Å². The first-order valence-electron chi connectivity index (χ1n) is 12.9. The zero-order chi connectivity index (χ0) is 27.7. The Balaban J connectivity index is 0.976. The molecule has 2 bridgehead atoms. The number of amides is 3. The van der Waals surface area contributed by atoms with Crippen molar-refractivity contribution in [3.63, 3.8) is 0 Å². The highest BCUT2D eigenvalue weighted by atomic mass is 35.5. The fourth-order valence-electron chi connectivity index (χ4n) is 5.83. The Bertz CT molecular complexity index is 1370. The van der Waals surface area contributed by atoms with Crippen LogP contribution in [0, 0.1) is 0 Å². The van der Waals surface area contributed by atoms with Gasteiger partial charge in [-0.05, 0) is 58.2 Å². The van der Waals surface area contributed by atoms with Gasteiger partial charge in [-0.2, -0.15) is 0 Å². The molecule has 4 fully saturated rings. The van der Waals surface area contributed by atoms with Gasteiger partial charge in [-0.3, -0.25) is 14.4 Å². The Morgan fingerprint density at radius 1 is 1.13 bits per heavy atom. The van der Waals surface area contributed by atoms with E-state index in [1.165, 1.54) is 6.20 Å². The molecule has 1 saturated heterocycles. The lowest BCUT2D eigenvalue weighted by Crippen LogP contribution is -2.84. The van der Waals surface area contributed by atoms with Crippen molar-refractivity contribution in [1.29, 1.82) is 0 Å². The minimum absolute atomic E-state index is 0.0541. The number of carbonyl (C=O) groups is 4. The summed E-state index contributed by atoms with van der Waals surface area (Å²) in [6.45, 7) is 6.27. The number of rotatable bonds is 5. The van der Waals surface area contributed by atoms with Crippen molar-refractivity contribution in [1.82, 2.24) is 20.5 Å². The predicted octanol–water partition coefficient (Wildman–Crippen LogP) is 3.22. The molecule has 3 saturated carbocycles. The monoisotopic (exact) mass is 556 g/mol. The average molecular weight is 557 g/mol. The van der Waals surface area contributed by atoms with E-state index in [2.05, 4.69) is 15.6 Å². The van der Waals surface area contributed by atoms with Gasteiger partial charge in [0.15, 0.2) is 11.9 Å². The number of benzene rings is 1. The van der Waals surface area contributed by atoms with Crippen LogP contribution in [0.15, 0.2) is 28.8 Å². The number of ether oxygens (including phenoxy) is 2. The summed E-state index contributed by atoms with van der Waals surface area (Å²) in [5.74, 6) is -0.124. The first kappa shape index (κ1) is 25.7. The standard InChI is InChI=1S/C27H29ClN4O7/c1-25(2,3)39-24(36)32-9-14(10-32)23-29-8-20(38-23)22(35)31-27-11-26(12-27,13-27)30-21(34)19-7-17(33)16-6-15(28)4-5-18(16)37-19/h4-6,8,14,19H,7,9-13H2,1-3H3,(H,30,34)(H,31,35)/t19-,26?,27?/m1/s1. The number of nitrogens with zero attached hydrogens (tertiary/aromatic N) is 2. The van der Waals surface area contributed by atoms with Gasteiger partial charge in [0.25, 0.3) is 11.8 Å². The molecule has 0 radical (unpaired) electrons. The summed E-state index contributed by atoms with van der Waals surface area (Å²) in [4.78, 5) is 56.1. The molecule has 12 heteroatoms. The van der Waals surface area contributed by atoms with Crippen LogP contribution in [0.1, 0.15) is 79.2 Å². The van der Waals surface area contributed by atoms with Crippen LogP contribution >= 0.6 is 11.6 Å². The van der Waals surface area contributed by atoms with Gasteiger partial charge in [0.2, 0.25) is 11.7 Å². The van der Waals surface area contributed by atoms with E-state index in [1.54, 1.807) is 23.1 Å². The number of aromatic nitrogens is 1. The number of fused-ring (bicyclic) bond motifs is 1. The average Bonchev–Trinajstić information content (AvgIpc) is 3.24. The lowest BCUT2D eigenvalue weighted by Gasteiger charge is -2.70. The van der Waals surface area contributed by atoms with Gasteiger partial charge in [0, 0.05) is 29.2 Å². The number of halogens is 1. The molecule has 3 amide bonds. The summed E-state index contributed by atoms with van der Waals surface area (Å²) in [5.41, 5.74) is -1.01. The van der Waals surface area contributed by atoms with Crippen molar-refractivity contribution in [3.8, 4) is 5.75 Å².